The van der Waals surface area contributed by atoms with E-state index in [9.17, 15) is 9.59 Å². The normalized spacial score (nSPS) is 11.9. The van der Waals surface area contributed by atoms with Gasteiger partial charge in [-0.3, -0.25) is 4.79 Å². The standard InChI is InChI=1S/C13H18N4O4/c1-17(2)13(19)16-4-3-15-12(18)8-5-10-11(6-9(8)14)21-7-20-10/h5-6H,3-4,7,14H2,1-2H3,(H,15,18)(H,16,19). The fourth-order valence-corrected chi connectivity index (χ4v) is 1.75. The lowest BCUT2D eigenvalue weighted by atomic mass is 10.1. The van der Waals surface area contributed by atoms with E-state index in [4.69, 9.17) is 15.2 Å². The van der Waals surface area contributed by atoms with Crippen molar-refractivity contribution in [2.75, 3.05) is 39.7 Å². The molecular weight excluding hydrogens is 276 g/mol. The number of amides is 3. The fourth-order valence-electron chi connectivity index (χ4n) is 1.75. The highest BCUT2D eigenvalue weighted by atomic mass is 16.7. The number of urea groups is 1. The molecule has 1 aromatic carbocycles. The summed E-state index contributed by atoms with van der Waals surface area (Å²) in [6, 6.07) is 2.89. The second kappa shape index (κ2) is 6.21. The molecule has 3 amide bonds. The Morgan fingerprint density at radius 3 is 2.48 bits per heavy atom. The molecule has 8 nitrogen and oxygen atoms in total. The maximum atomic E-state index is 12.0. The molecule has 4 N–H and O–H groups in total. The Bertz CT molecular complexity index is 559. The summed E-state index contributed by atoms with van der Waals surface area (Å²) in [6.45, 7) is 0.746. The summed E-state index contributed by atoms with van der Waals surface area (Å²) in [4.78, 5) is 24.7. The van der Waals surface area contributed by atoms with Gasteiger partial charge in [0, 0.05) is 38.9 Å². The molecule has 0 aromatic heterocycles. The zero-order valence-electron chi connectivity index (χ0n) is 11.9. The molecule has 114 valence electrons. The van der Waals surface area contributed by atoms with Crippen LogP contribution in [-0.2, 0) is 0 Å². The molecule has 0 aliphatic carbocycles. The topological polar surface area (TPSA) is 106 Å². The molecule has 0 unspecified atom stereocenters. The Labute approximate surface area is 122 Å². The zero-order chi connectivity index (χ0) is 15.4. The number of hydrogen-bond acceptors (Lipinski definition) is 5. The van der Waals surface area contributed by atoms with E-state index in [2.05, 4.69) is 10.6 Å². The number of benzene rings is 1. The van der Waals surface area contributed by atoms with Crippen molar-refractivity contribution in [2.45, 2.75) is 0 Å². The number of rotatable bonds is 4. The first-order valence-corrected chi connectivity index (χ1v) is 6.41. The van der Waals surface area contributed by atoms with Gasteiger partial charge >= 0.3 is 6.03 Å². The Kier molecular flexibility index (Phi) is 4.36. The predicted molar refractivity (Wildman–Crippen MR) is 76.4 cm³/mol. The van der Waals surface area contributed by atoms with Gasteiger partial charge in [-0.25, -0.2) is 4.79 Å². The van der Waals surface area contributed by atoms with Gasteiger partial charge in [0.2, 0.25) is 6.79 Å². The number of nitrogens with two attached hydrogens (primary N) is 1. The minimum atomic E-state index is -0.329. The van der Waals surface area contributed by atoms with Crippen LogP contribution in [-0.4, -0.2) is 50.8 Å². The van der Waals surface area contributed by atoms with Crippen molar-refractivity contribution in [1.29, 1.82) is 0 Å². The number of carbonyl (C=O) groups excluding carboxylic acids is 2. The summed E-state index contributed by atoms with van der Waals surface area (Å²) in [5, 5.41) is 5.32. The number of nitrogens with zero attached hydrogens (tertiary/aromatic N) is 1. The third-order valence-electron chi connectivity index (χ3n) is 2.88. The summed E-state index contributed by atoms with van der Waals surface area (Å²) in [6.07, 6.45) is 0. The van der Waals surface area contributed by atoms with Gasteiger partial charge in [-0.05, 0) is 6.07 Å². The molecule has 21 heavy (non-hydrogen) atoms. The van der Waals surface area contributed by atoms with Crippen LogP contribution in [0.4, 0.5) is 10.5 Å². The van der Waals surface area contributed by atoms with Crippen LogP contribution in [0.2, 0.25) is 0 Å². The number of fused-ring (bicyclic) bond motifs is 1. The number of nitrogens with one attached hydrogen (secondary N) is 2. The molecule has 1 aliphatic heterocycles. The minimum absolute atomic E-state index is 0.121. The smallest absolute Gasteiger partial charge is 0.316 e. The molecule has 0 radical (unpaired) electrons. The van der Waals surface area contributed by atoms with E-state index in [0.717, 1.165) is 0 Å². The van der Waals surface area contributed by atoms with Crippen LogP contribution in [0.5, 0.6) is 11.5 Å². The Balaban J connectivity index is 1.88. The zero-order valence-corrected chi connectivity index (χ0v) is 11.9. The summed E-state index contributed by atoms with van der Waals surface area (Å²) >= 11 is 0. The van der Waals surface area contributed by atoms with E-state index in [0.29, 0.717) is 35.8 Å². The number of hydrogen-bond donors (Lipinski definition) is 3. The van der Waals surface area contributed by atoms with E-state index in [-0.39, 0.29) is 18.7 Å². The highest BCUT2D eigenvalue weighted by Gasteiger charge is 2.19. The monoisotopic (exact) mass is 294 g/mol. The number of carbonyl (C=O) groups is 2. The first kappa shape index (κ1) is 14.8. The summed E-state index contributed by atoms with van der Waals surface area (Å²) < 4.78 is 10.4. The molecule has 2 rings (SSSR count). The lowest BCUT2D eigenvalue weighted by Crippen LogP contribution is -2.39. The minimum Gasteiger partial charge on any atom is -0.454 e. The highest BCUT2D eigenvalue weighted by Crippen LogP contribution is 2.35. The highest BCUT2D eigenvalue weighted by molar-refractivity contribution is 6.00. The summed E-state index contributed by atoms with van der Waals surface area (Å²) in [5.41, 5.74) is 6.45. The maximum absolute atomic E-state index is 12.0. The SMILES string of the molecule is CN(C)C(=O)NCCNC(=O)c1cc2c(cc1N)OCO2. The summed E-state index contributed by atoms with van der Waals surface area (Å²) in [5.74, 6) is 0.697. The molecular formula is C13H18N4O4. The number of anilines is 1. The van der Waals surface area contributed by atoms with Crippen molar-refractivity contribution < 1.29 is 19.1 Å². The van der Waals surface area contributed by atoms with Crippen LogP contribution in [0.25, 0.3) is 0 Å². The van der Waals surface area contributed by atoms with Gasteiger partial charge in [0.1, 0.15) is 0 Å². The molecule has 0 fully saturated rings. The predicted octanol–water partition coefficient (Wildman–Crippen LogP) is -0.00150. The lowest BCUT2D eigenvalue weighted by molar-refractivity contribution is 0.0954. The van der Waals surface area contributed by atoms with Crippen molar-refractivity contribution >= 4 is 17.6 Å². The van der Waals surface area contributed by atoms with E-state index in [1.54, 1.807) is 26.2 Å². The molecule has 0 spiro atoms. The van der Waals surface area contributed by atoms with Gasteiger partial charge in [-0.1, -0.05) is 0 Å². The van der Waals surface area contributed by atoms with Crippen LogP contribution < -0.4 is 25.8 Å². The molecule has 0 saturated heterocycles. The van der Waals surface area contributed by atoms with Crippen molar-refractivity contribution in [3.8, 4) is 11.5 Å². The second-order valence-corrected chi connectivity index (χ2v) is 4.67. The number of ether oxygens (including phenoxy) is 2. The van der Waals surface area contributed by atoms with E-state index < -0.39 is 0 Å². The maximum Gasteiger partial charge on any atom is 0.316 e. The largest absolute Gasteiger partial charge is 0.454 e. The average Bonchev–Trinajstić information content (AvgIpc) is 2.88. The first-order chi connectivity index (χ1) is 9.99. The fraction of sp³-hybridized carbons (Fsp3) is 0.385. The Morgan fingerprint density at radius 1 is 1.19 bits per heavy atom. The quantitative estimate of drug-likeness (QED) is 0.535. The van der Waals surface area contributed by atoms with Gasteiger partial charge < -0.3 is 30.7 Å². The van der Waals surface area contributed by atoms with Gasteiger partial charge in [-0.2, -0.15) is 0 Å². The molecule has 0 atom stereocenters. The molecule has 1 aromatic rings. The number of nitrogen functional groups attached to an aromatic ring is 1. The van der Waals surface area contributed by atoms with Crippen molar-refractivity contribution in [2.24, 2.45) is 0 Å². The van der Waals surface area contributed by atoms with Crippen LogP contribution in [0.15, 0.2) is 12.1 Å². The lowest BCUT2D eigenvalue weighted by Gasteiger charge is -2.12. The molecule has 0 saturated carbocycles. The molecule has 1 heterocycles. The van der Waals surface area contributed by atoms with Crippen molar-refractivity contribution in [3.05, 3.63) is 17.7 Å². The van der Waals surface area contributed by atoms with Crippen molar-refractivity contribution in [1.82, 2.24) is 15.5 Å². The van der Waals surface area contributed by atoms with Gasteiger partial charge in [-0.15, -0.1) is 0 Å². The average molecular weight is 294 g/mol. The third-order valence-corrected chi connectivity index (χ3v) is 2.88. The van der Waals surface area contributed by atoms with E-state index >= 15 is 0 Å². The molecule has 0 bridgehead atoms. The first-order valence-electron chi connectivity index (χ1n) is 6.41. The van der Waals surface area contributed by atoms with Gasteiger partial charge in [0.05, 0.1) is 5.56 Å². The van der Waals surface area contributed by atoms with Gasteiger partial charge in [0.15, 0.2) is 11.5 Å². The van der Waals surface area contributed by atoms with Crippen molar-refractivity contribution in [3.63, 3.8) is 0 Å². The van der Waals surface area contributed by atoms with E-state index in [1.807, 2.05) is 0 Å². The second-order valence-electron chi connectivity index (χ2n) is 4.67. The van der Waals surface area contributed by atoms with Crippen LogP contribution in [0, 0.1) is 0 Å². The van der Waals surface area contributed by atoms with Crippen LogP contribution in [0.1, 0.15) is 10.4 Å². The Hall–Kier alpha value is -2.64. The Morgan fingerprint density at radius 2 is 1.81 bits per heavy atom. The molecule has 1 aliphatic rings. The van der Waals surface area contributed by atoms with E-state index in [1.165, 1.54) is 4.90 Å². The van der Waals surface area contributed by atoms with Crippen LogP contribution in [0.3, 0.4) is 0 Å². The van der Waals surface area contributed by atoms with Crippen LogP contribution >= 0.6 is 0 Å². The summed E-state index contributed by atoms with van der Waals surface area (Å²) in [7, 11) is 3.28. The van der Waals surface area contributed by atoms with Gasteiger partial charge in [0.25, 0.3) is 5.91 Å². The molecule has 8 heteroatoms. The third kappa shape index (κ3) is 3.47.